The fourth-order valence-electron chi connectivity index (χ4n) is 1.10. The van der Waals surface area contributed by atoms with E-state index in [2.05, 4.69) is 0 Å². The molecule has 1 rings (SSSR count). The van der Waals surface area contributed by atoms with Gasteiger partial charge >= 0.3 is 5.97 Å². The molecule has 0 saturated carbocycles. The number of amides is 1. The maximum atomic E-state index is 11.1. The van der Waals surface area contributed by atoms with Crippen molar-refractivity contribution in [2.45, 2.75) is 13.0 Å². The summed E-state index contributed by atoms with van der Waals surface area (Å²) in [5, 5.41) is 8.50. The fourth-order valence-corrected chi connectivity index (χ4v) is 1.10. The van der Waals surface area contributed by atoms with Gasteiger partial charge in [0, 0.05) is 13.1 Å². The van der Waals surface area contributed by atoms with Gasteiger partial charge in [-0.1, -0.05) is 0 Å². The Morgan fingerprint density at radius 1 is 1.58 bits per heavy atom. The first-order valence-electron chi connectivity index (χ1n) is 3.79. The lowest BCUT2D eigenvalue weighted by Gasteiger charge is -2.37. The minimum absolute atomic E-state index is 0.174. The van der Waals surface area contributed by atoms with Crippen LogP contribution < -0.4 is 5.73 Å². The Morgan fingerprint density at radius 2 is 2.08 bits per heavy atom. The van der Waals surface area contributed by atoms with Crippen LogP contribution in [-0.2, 0) is 9.59 Å². The minimum Gasteiger partial charge on any atom is -0.481 e. The number of hydrogen-bond acceptors (Lipinski definition) is 3. The van der Waals surface area contributed by atoms with Crippen molar-refractivity contribution >= 4 is 11.9 Å². The maximum absolute atomic E-state index is 11.1. The molecule has 1 atom stereocenters. The van der Waals surface area contributed by atoms with E-state index in [0.29, 0.717) is 13.1 Å². The number of nitrogens with two attached hydrogens (primary N) is 1. The zero-order chi connectivity index (χ0) is 9.30. The van der Waals surface area contributed by atoms with Crippen molar-refractivity contribution in [3.63, 3.8) is 0 Å². The van der Waals surface area contributed by atoms with Crippen molar-refractivity contribution in [1.29, 1.82) is 0 Å². The standard InChI is InChI=1S/C7H12N2O3/c1-4(8)6(10)9-2-5(3-9)7(11)12/h4-5H,2-3,8H2,1H3,(H,11,12). The highest BCUT2D eigenvalue weighted by atomic mass is 16.4. The van der Waals surface area contributed by atoms with Crippen LogP contribution in [0.15, 0.2) is 0 Å². The number of carboxylic acid groups (broad SMARTS) is 1. The second kappa shape index (κ2) is 3.10. The highest BCUT2D eigenvalue weighted by Crippen LogP contribution is 2.15. The lowest BCUT2D eigenvalue weighted by atomic mass is 10.00. The maximum Gasteiger partial charge on any atom is 0.310 e. The van der Waals surface area contributed by atoms with Gasteiger partial charge in [-0.05, 0) is 6.92 Å². The zero-order valence-electron chi connectivity index (χ0n) is 6.86. The quantitative estimate of drug-likeness (QED) is 0.552. The molecule has 0 aromatic rings. The van der Waals surface area contributed by atoms with Crippen LogP contribution in [0.5, 0.6) is 0 Å². The van der Waals surface area contributed by atoms with E-state index < -0.39 is 17.9 Å². The van der Waals surface area contributed by atoms with Gasteiger partial charge in [0.2, 0.25) is 5.91 Å². The van der Waals surface area contributed by atoms with Gasteiger partial charge in [0.05, 0.1) is 12.0 Å². The molecular weight excluding hydrogens is 160 g/mol. The van der Waals surface area contributed by atoms with Gasteiger partial charge < -0.3 is 15.7 Å². The molecule has 5 nitrogen and oxygen atoms in total. The van der Waals surface area contributed by atoms with Gasteiger partial charge in [0.25, 0.3) is 0 Å². The molecule has 0 aliphatic carbocycles. The molecule has 5 heteroatoms. The number of hydrogen-bond donors (Lipinski definition) is 2. The monoisotopic (exact) mass is 172 g/mol. The molecule has 1 fully saturated rings. The second-order valence-corrected chi connectivity index (χ2v) is 3.07. The summed E-state index contributed by atoms with van der Waals surface area (Å²) in [6.07, 6.45) is 0. The van der Waals surface area contributed by atoms with Crippen LogP contribution >= 0.6 is 0 Å². The van der Waals surface area contributed by atoms with Crippen molar-refractivity contribution in [1.82, 2.24) is 4.90 Å². The molecule has 0 bridgehead atoms. The molecule has 0 spiro atoms. The van der Waals surface area contributed by atoms with E-state index in [-0.39, 0.29) is 5.91 Å². The predicted octanol–water partition coefficient (Wildman–Crippen LogP) is -1.12. The first kappa shape index (κ1) is 8.99. The van der Waals surface area contributed by atoms with Gasteiger partial charge in [0.1, 0.15) is 0 Å². The molecule has 68 valence electrons. The summed E-state index contributed by atoms with van der Waals surface area (Å²) >= 11 is 0. The van der Waals surface area contributed by atoms with E-state index in [1.54, 1.807) is 6.92 Å². The first-order chi connectivity index (χ1) is 5.52. The summed E-state index contributed by atoms with van der Waals surface area (Å²) in [5.41, 5.74) is 5.33. The molecule has 0 radical (unpaired) electrons. The summed E-state index contributed by atoms with van der Waals surface area (Å²) in [6, 6.07) is -0.528. The van der Waals surface area contributed by atoms with Crippen molar-refractivity contribution in [3.05, 3.63) is 0 Å². The minimum atomic E-state index is -0.844. The predicted molar refractivity (Wildman–Crippen MR) is 41.4 cm³/mol. The summed E-state index contributed by atoms with van der Waals surface area (Å²) < 4.78 is 0. The highest BCUT2D eigenvalue weighted by Gasteiger charge is 2.36. The van der Waals surface area contributed by atoms with Crippen molar-refractivity contribution in [3.8, 4) is 0 Å². The molecule has 0 aromatic heterocycles. The summed E-state index contributed by atoms with van der Waals surface area (Å²) in [6.45, 7) is 2.20. The molecule has 1 saturated heterocycles. The molecule has 1 unspecified atom stereocenters. The van der Waals surface area contributed by atoms with Crippen LogP contribution in [0.3, 0.4) is 0 Å². The molecular formula is C7H12N2O3. The second-order valence-electron chi connectivity index (χ2n) is 3.07. The van der Waals surface area contributed by atoms with E-state index in [4.69, 9.17) is 10.8 Å². The molecule has 12 heavy (non-hydrogen) atoms. The molecule has 1 heterocycles. The Balaban J connectivity index is 2.35. The number of carbonyl (C=O) groups excluding carboxylic acids is 1. The summed E-state index contributed by atoms with van der Waals surface area (Å²) in [4.78, 5) is 22.9. The van der Waals surface area contributed by atoms with Crippen LogP contribution in [0.2, 0.25) is 0 Å². The van der Waals surface area contributed by atoms with E-state index in [9.17, 15) is 9.59 Å². The van der Waals surface area contributed by atoms with Crippen LogP contribution in [0.25, 0.3) is 0 Å². The lowest BCUT2D eigenvalue weighted by Crippen LogP contribution is -2.56. The largest absolute Gasteiger partial charge is 0.481 e. The Bertz CT molecular complexity index is 209. The molecule has 1 aliphatic rings. The third kappa shape index (κ3) is 1.55. The number of likely N-dealkylation sites (tertiary alicyclic amines) is 1. The third-order valence-electron chi connectivity index (χ3n) is 1.93. The van der Waals surface area contributed by atoms with Gasteiger partial charge in [-0.25, -0.2) is 0 Å². The van der Waals surface area contributed by atoms with Crippen molar-refractivity contribution < 1.29 is 14.7 Å². The smallest absolute Gasteiger partial charge is 0.310 e. The zero-order valence-corrected chi connectivity index (χ0v) is 6.86. The Morgan fingerprint density at radius 3 is 2.42 bits per heavy atom. The van der Waals surface area contributed by atoms with Gasteiger partial charge in [0.15, 0.2) is 0 Å². The van der Waals surface area contributed by atoms with E-state index in [1.807, 2.05) is 0 Å². The van der Waals surface area contributed by atoms with E-state index >= 15 is 0 Å². The van der Waals surface area contributed by atoms with Gasteiger partial charge in [-0.15, -0.1) is 0 Å². The number of nitrogens with zero attached hydrogens (tertiary/aromatic N) is 1. The van der Waals surface area contributed by atoms with Gasteiger partial charge in [-0.3, -0.25) is 9.59 Å². The van der Waals surface area contributed by atoms with E-state index in [1.165, 1.54) is 4.90 Å². The number of carboxylic acids is 1. The molecule has 1 aliphatic heterocycles. The van der Waals surface area contributed by atoms with Crippen molar-refractivity contribution in [2.75, 3.05) is 13.1 Å². The van der Waals surface area contributed by atoms with Crippen LogP contribution in [-0.4, -0.2) is 41.0 Å². The average Bonchev–Trinajstić information content (AvgIpc) is 1.82. The fraction of sp³-hybridized carbons (Fsp3) is 0.714. The van der Waals surface area contributed by atoms with Gasteiger partial charge in [-0.2, -0.15) is 0 Å². The summed E-state index contributed by atoms with van der Waals surface area (Å²) in [7, 11) is 0. The van der Waals surface area contributed by atoms with Crippen LogP contribution in [0, 0.1) is 5.92 Å². The Labute approximate surface area is 70.1 Å². The van der Waals surface area contributed by atoms with Crippen LogP contribution in [0.4, 0.5) is 0 Å². The lowest BCUT2D eigenvalue weighted by molar-refractivity contribution is -0.153. The Kier molecular flexibility index (Phi) is 2.32. The molecule has 0 aromatic carbocycles. The number of carbonyl (C=O) groups is 2. The number of rotatable bonds is 2. The molecule has 1 amide bonds. The Hall–Kier alpha value is -1.10. The highest BCUT2D eigenvalue weighted by molar-refractivity contribution is 5.84. The SMILES string of the molecule is CC(N)C(=O)N1CC(C(=O)O)C1. The topological polar surface area (TPSA) is 83.6 Å². The van der Waals surface area contributed by atoms with E-state index in [0.717, 1.165) is 0 Å². The third-order valence-corrected chi connectivity index (χ3v) is 1.93. The normalized spacial score (nSPS) is 20.0. The average molecular weight is 172 g/mol. The van der Waals surface area contributed by atoms with Crippen LogP contribution in [0.1, 0.15) is 6.92 Å². The van der Waals surface area contributed by atoms with Crippen molar-refractivity contribution in [2.24, 2.45) is 11.7 Å². The first-order valence-corrected chi connectivity index (χ1v) is 3.79. The number of aliphatic carboxylic acids is 1. The summed E-state index contributed by atoms with van der Waals surface area (Å²) in [5.74, 6) is -1.41. The molecule has 3 N–H and O–H groups in total.